The summed E-state index contributed by atoms with van der Waals surface area (Å²) in [6.07, 6.45) is 0.882. The van der Waals surface area contributed by atoms with E-state index in [9.17, 15) is 4.79 Å². The molecule has 2 amide bonds. The molecule has 1 aromatic carbocycles. The van der Waals surface area contributed by atoms with Crippen molar-refractivity contribution in [3.63, 3.8) is 0 Å². The van der Waals surface area contributed by atoms with Crippen molar-refractivity contribution in [1.82, 2.24) is 15.5 Å². The second-order valence-corrected chi connectivity index (χ2v) is 4.71. The van der Waals surface area contributed by atoms with Gasteiger partial charge in [-0.05, 0) is 18.9 Å². The van der Waals surface area contributed by atoms with Gasteiger partial charge in [0, 0.05) is 32.2 Å². The van der Waals surface area contributed by atoms with Crippen molar-refractivity contribution in [2.75, 3.05) is 26.2 Å². The van der Waals surface area contributed by atoms with Crippen LogP contribution in [0.4, 0.5) is 4.79 Å². The number of nitrogens with zero attached hydrogens (tertiary/aromatic N) is 1. The van der Waals surface area contributed by atoms with E-state index in [0.717, 1.165) is 26.1 Å². The lowest BCUT2D eigenvalue weighted by atomic mass is 10.1. The number of urea groups is 1. The Morgan fingerprint density at radius 2 is 2.16 bits per heavy atom. The molecule has 0 radical (unpaired) electrons. The smallest absolute Gasteiger partial charge is 0.317 e. The molecule has 1 aromatic rings. The normalized spacial score (nSPS) is 18.6. The third-order valence-corrected chi connectivity index (χ3v) is 3.29. The molecule has 2 rings (SSSR count). The van der Waals surface area contributed by atoms with Crippen LogP contribution in [0.5, 0.6) is 0 Å². The van der Waals surface area contributed by atoms with Gasteiger partial charge in [-0.25, -0.2) is 4.79 Å². The van der Waals surface area contributed by atoms with Crippen LogP contribution in [-0.2, 0) is 6.42 Å². The fourth-order valence-corrected chi connectivity index (χ4v) is 2.20. The van der Waals surface area contributed by atoms with Gasteiger partial charge in [0.25, 0.3) is 0 Å². The number of halogens is 1. The lowest BCUT2D eigenvalue weighted by Gasteiger charge is -2.33. The van der Waals surface area contributed by atoms with Crippen LogP contribution in [0.25, 0.3) is 0 Å². The number of hydrogen-bond donors (Lipinski definition) is 2. The molecule has 1 heterocycles. The number of carbonyl (C=O) groups excluding carboxylic acids is 1. The highest BCUT2D eigenvalue weighted by Crippen LogP contribution is 2.03. The van der Waals surface area contributed by atoms with Gasteiger partial charge < -0.3 is 15.5 Å². The van der Waals surface area contributed by atoms with Crippen LogP contribution in [0.3, 0.4) is 0 Å². The van der Waals surface area contributed by atoms with E-state index >= 15 is 0 Å². The molecule has 1 saturated heterocycles. The Kier molecular flexibility index (Phi) is 6.67. The summed E-state index contributed by atoms with van der Waals surface area (Å²) < 4.78 is 0. The second kappa shape index (κ2) is 8.02. The minimum absolute atomic E-state index is 0. The molecule has 0 aromatic heterocycles. The van der Waals surface area contributed by atoms with Gasteiger partial charge in [-0.3, -0.25) is 0 Å². The Labute approximate surface area is 121 Å². The second-order valence-electron chi connectivity index (χ2n) is 4.71. The number of amides is 2. The molecule has 1 atom stereocenters. The Morgan fingerprint density at radius 3 is 2.84 bits per heavy atom. The number of carbonyl (C=O) groups is 1. The average Bonchev–Trinajstić information content (AvgIpc) is 2.40. The maximum atomic E-state index is 12.0. The summed E-state index contributed by atoms with van der Waals surface area (Å²) in [6.45, 7) is 5.32. The molecule has 0 spiro atoms. The molecule has 2 N–H and O–H groups in total. The molecular weight excluding hydrogens is 262 g/mol. The van der Waals surface area contributed by atoms with Crippen molar-refractivity contribution in [2.45, 2.75) is 19.4 Å². The first-order valence-electron chi connectivity index (χ1n) is 6.56. The van der Waals surface area contributed by atoms with Crippen LogP contribution in [0, 0.1) is 0 Å². The standard InChI is InChI=1S/C14H21N3O.ClH/c1-12-11-15-9-10-17(12)14(18)16-8-7-13-5-3-2-4-6-13;/h2-6,12,15H,7-11H2,1H3,(H,16,18);1H. The number of hydrogen-bond acceptors (Lipinski definition) is 2. The fourth-order valence-electron chi connectivity index (χ4n) is 2.20. The third-order valence-electron chi connectivity index (χ3n) is 3.29. The first-order valence-corrected chi connectivity index (χ1v) is 6.56. The lowest BCUT2D eigenvalue weighted by molar-refractivity contribution is 0.165. The van der Waals surface area contributed by atoms with Crippen LogP contribution >= 0.6 is 12.4 Å². The molecule has 1 fully saturated rings. The van der Waals surface area contributed by atoms with E-state index in [1.54, 1.807) is 0 Å². The van der Waals surface area contributed by atoms with Crippen LogP contribution in [-0.4, -0.2) is 43.2 Å². The van der Waals surface area contributed by atoms with Crippen LogP contribution in [0.1, 0.15) is 12.5 Å². The molecular formula is C14H22ClN3O. The van der Waals surface area contributed by atoms with Gasteiger partial charge in [0.05, 0.1) is 0 Å². The van der Waals surface area contributed by atoms with E-state index in [1.165, 1.54) is 5.56 Å². The molecule has 0 saturated carbocycles. The largest absolute Gasteiger partial charge is 0.338 e. The highest BCUT2D eigenvalue weighted by molar-refractivity contribution is 5.85. The predicted molar refractivity (Wildman–Crippen MR) is 79.8 cm³/mol. The molecule has 106 valence electrons. The number of rotatable bonds is 3. The summed E-state index contributed by atoms with van der Waals surface area (Å²) in [5, 5.41) is 6.27. The van der Waals surface area contributed by atoms with E-state index in [4.69, 9.17) is 0 Å². The van der Waals surface area contributed by atoms with Gasteiger partial charge in [-0.2, -0.15) is 0 Å². The minimum Gasteiger partial charge on any atom is -0.338 e. The monoisotopic (exact) mass is 283 g/mol. The Balaban J connectivity index is 0.00000180. The van der Waals surface area contributed by atoms with Crippen molar-refractivity contribution in [2.24, 2.45) is 0 Å². The molecule has 1 unspecified atom stereocenters. The maximum absolute atomic E-state index is 12.0. The van der Waals surface area contributed by atoms with Crippen molar-refractivity contribution in [3.8, 4) is 0 Å². The first-order chi connectivity index (χ1) is 8.77. The summed E-state index contributed by atoms with van der Waals surface area (Å²) in [5.74, 6) is 0. The van der Waals surface area contributed by atoms with Crippen molar-refractivity contribution in [1.29, 1.82) is 0 Å². The zero-order valence-corrected chi connectivity index (χ0v) is 12.1. The Hall–Kier alpha value is -1.26. The number of piperazine rings is 1. The molecule has 19 heavy (non-hydrogen) atoms. The van der Waals surface area contributed by atoms with Crippen LogP contribution in [0.15, 0.2) is 30.3 Å². The van der Waals surface area contributed by atoms with Gasteiger partial charge in [0.1, 0.15) is 0 Å². The molecule has 5 heteroatoms. The van der Waals surface area contributed by atoms with E-state index < -0.39 is 0 Å². The van der Waals surface area contributed by atoms with Gasteiger partial charge in [0.15, 0.2) is 0 Å². The van der Waals surface area contributed by atoms with Crippen LogP contribution in [0.2, 0.25) is 0 Å². The highest BCUT2D eigenvalue weighted by Gasteiger charge is 2.22. The molecule has 0 aliphatic carbocycles. The molecule has 1 aliphatic heterocycles. The maximum Gasteiger partial charge on any atom is 0.317 e. The average molecular weight is 284 g/mol. The van der Waals surface area contributed by atoms with Crippen molar-refractivity contribution < 1.29 is 4.79 Å². The van der Waals surface area contributed by atoms with E-state index in [0.29, 0.717) is 6.54 Å². The van der Waals surface area contributed by atoms with Crippen molar-refractivity contribution >= 4 is 18.4 Å². The number of benzene rings is 1. The van der Waals surface area contributed by atoms with E-state index in [1.807, 2.05) is 23.1 Å². The molecule has 0 bridgehead atoms. The summed E-state index contributed by atoms with van der Waals surface area (Å²) in [5.41, 5.74) is 1.26. The summed E-state index contributed by atoms with van der Waals surface area (Å²) in [4.78, 5) is 13.9. The van der Waals surface area contributed by atoms with Crippen LogP contribution < -0.4 is 10.6 Å². The van der Waals surface area contributed by atoms with Gasteiger partial charge in [0.2, 0.25) is 0 Å². The summed E-state index contributed by atoms with van der Waals surface area (Å²) >= 11 is 0. The zero-order chi connectivity index (χ0) is 12.8. The highest BCUT2D eigenvalue weighted by atomic mass is 35.5. The summed E-state index contributed by atoms with van der Waals surface area (Å²) in [6, 6.07) is 10.5. The topological polar surface area (TPSA) is 44.4 Å². The SMILES string of the molecule is CC1CNCCN1C(=O)NCCc1ccccc1.Cl. The van der Waals surface area contributed by atoms with E-state index in [-0.39, 0.29) is 24.5 Å². The zero-order valence-electron chi connectivity index (χ0n) is 11.3. The Morgan fingerprint density at radius 1 is 1.42 bits per heavy atom. The molecule has 1 aliphatic rings. The van der Waals surface area contributed by atoms with Gasteiger partial charge >= 0.3 is 6.03 Å². The molecule has 4 nitrogen and oxygen atoms in total. The van der Waals surface area contributed by atoms with E-state index in [2.05, 4.69) is 29.7 Å². The Bertz CT molecular complexity index is 386. The van der Waals surface area contributed by atoms with Gasteiger partial charge in [-0.15, -0.1) is 12.4 Å². The summed E-state index contributed by atoms with van der Waals surface area (Å²) in [7, 11) is 0. The van der Waals surface area contributed by atoms with Crippen molar-refractivity contribution in [3.05, 3.63) is 35.9 Å². The quantitative estimate of drug-likeness (QED) is 0.886. The van der Waals surface area contributed by atoms with Gasteiger partial charge in [-0.1, -0.05) is 30.3 Å². The first kappa shape index (κ1) is 15.8. The minimum atomic E-state index is 0. The predicted octanol–water partition coefficient (Wildman–Crippen LogP) is 1.65. The fraction of sp³-hybridized carbons (Fsp3) is 0.500. The third kappa shape index (κ3) is 4.73. The lowest BCUT2D eigenvalue weighted by Crippen LogP contribution is -2.55. The number of nitrogens with one attached hydrogen (secondary N) is 2.